The Hall–Kier alpha value is -3.39. The lowest BCUT2D eigenvalue weighted by Gasteiger charge is -2.38. The van der Waals surface area contributed by atoms with Crippen molar-refractivity contribution in [1.82, 2.24) is 5.01 Å². The second-order valence-corrected chi connectivity index (χ2v) is 8.38. The summed E-state index contributed by atoms with van der Waals surface area (Å²) in [5.41, 5.74) is 2.95. The number of thiophene rings is 1. The fourth-order valence-corrected chi connectivity index (χ4v) is 5.02. The Bertz CT molecular complexity index is 1140. The Labute approximate surface area is 190 Å². The summed E-state index contributed by atoms with van der Waals surface area (Å²) in [6, 6.07) is 14.0. The topological polar surface area (TPSA) is 61.8 Å². The molecule has 0 fully saturated rings. The molecule has 0 saturated carbocycles. The third kappa shape index (κ3) is 3.22. The first-order chi connectivity index (χ1) is 15.7. The van der Waals surface area contributed by atoms with Crippen molar-refractivity contribution in [2.24, 2.45) is 5.10 Å². The normalized spacial score (nSPS) is 18.9. The van der Waals surface area contributed by atoms with Crippen LogP contribution in [0.2, 0.25) is 0 Å². The number of fused-ring (bicyclic) bond motifs is 3. The average Bonchev–Trinajstić information content (AvgIpc) is 3.52. The van der Waals surface area contributed by atoms with E-state index in [0.717, 1.165) is 33.9 Å². The number of ether oxygens (including phenoxy) is 5. The van der Waals surface area contributed by atoms with Crippen molar-refractivity contribution in [1.29, 1.82) is 0 Å². The van der Waals surface area contributed by atoms with Gasteiger partial charge in [0.05, 0.1) is 45.1 Å². The molecule has 1 aromatic heterocycles. The van der Waals surface area contributed by atoms with Gasteiger partial charge < -0.3 is 23.7 Å². The van der Waals surface area contributed by atoms with Crippen LogP contribution in [0.4, 0.5) is 0 Å². The van der Waals surface area contributed by atoms with Gasteiger partial charge in [-0.25, -0.2) is 5.01 Å². The fourth-order valence-electron chi connectivity index (χ4n) is 4.30. The predicted molar refractivity (Wildman–Crippen MR) is 123 cm³/mol. The van der Waals surface area contributed by atoms with E-state index in [9.17, 15) is 0 Å². The van der Waals surface area contributed by atoms with Crippen LogP contribution in [0, 0.1) is 0 Å². The Kier molecular flexibility index (Phi) is 5.30. The molecule has 5 rings (SSSR count). The van der Waals surface area contributed by atoms with Crippen LogP contribution in [0.5, 0.6) is 28.7 Å². The summed E-state index contributed by atoms with van der Waals surface area (Å²) in [6.07, 6.45) is 0.292. The molecule has 2 aromatic carbocycles. The maximum absolute atomic E-state index is 6.54. The van der Waals surface area contributed by atoms with Gasteiger partial charge >= 0.3 is 0 Å². The van der Waals surface area contributed by atoms with E-state index in [2.05, 4.69) is 17.5 Å². The average molecular weight is 453 g/mol. The second kappa shape index (κ2) is 8.27. The van der Waals surface area contributed by atoms with E-state index < -0.39 is 6.23 Å². The van der Waals surface area contributed by atoms with E-state index >= 15 is 0 Å². The summed E-state index contributed by atoms with van der Waals surface area (Å²) >= 11 is 1.69. The van der Waals surface area contributed by atoms with E-state index in [1.807, 2.05) is 35.3 Å². The van der Waals surface area contributed by atoms with Crippen molar-refractivity contribution in [3.8, 4) is 28.7 Å². The SMILES string of the molecule is COc1cc([C@H]2Oc3c(OC)cccc3[C@@H]3CC(c4cccs4)=NN23)cc(OC)c1OC. The highest BCUT2D eigenvalue weighted by molar-refractivity contribution is 7.12. The molecule has 0 spiro atoms. The summed E-state index contributed by atoms with van der Waals surface area (Å²) in [4.78, 5) is 1.16. The van der Waals surface area contributed by atoms with Crippen LogP contribution < -0.4 is 23.7 Å². The smallest absolute Gasteiger partial charge is 0.214 e. The van der Waals surface area contributed by atoms with Crippen molar-refractivity contribution in [2.45, 2.75) is 18.7 Å². The number of methoxy groups -OCH3 is 4. The number of hydrazone groups is 1. The Morgan fingerprint density at radius 3 is 2.31 bits per heavy atom. The second-order valence-electron chi connectivity index (χ2n) is 7.43. The fraction of sp³-hybridized carbons (Fsp3) is 0.292. The molecule has 0 aliphatic carbocycles. The molecule has 0 amide bonds. The van der Waals surface area contributed by atoms with Gasteiger partial charge in [0.25, 0.3) is 0 Å². The first-order valence-corrected chi connectivity index (χ1v) is 11.1. The van der Waals surface area contributed by atoms with Crippen LogP contribution in [-0.4, -0.2) is 39.2 Å². The molecule has 32 heavy (non-hydrogen) atoms. The largest absolute Gasteiger partial charge is 0.493 e. The van der Waals surface area contributed by atoms with Crippen molar-refractivity contribution >= 4 is 17.0 Å². The van der Waals surface area contributed by atoms with E-state index in [1.165, 1.54) is 0 Å². The molecule has 7 nitrogen and oxygen atoms in total. The number of rotatable bonds is 6. The number of nitrogens with zero attached hydrogens (tertiary/aromatic N) is 2. The van der Waals surface area contributed by atoms with Gasteiger partial charge in [-0.05, 0) is 29.6 Å². The first kappa shape index (κ1) is 20.5. The van der Waals surface area contributed by atoms with Crippen molar-refractivity contribution in [2.75, 3.05) is 28.4 Å². The van der Waals surface area contributed by atoms with Crippen LogP contribution in [0.25, 0.3) is 0 Å². The van der Waals surface area contributed by atoms with Crippen LogP contribution in [0.1, 0.15) is 34.7 Å². The van der Waals surface area contributed by atoms with Crippen molar-refractivity contribution < 1.29 is 23.7 Å². The van der Waals surface area contributed by atoms with Gasteiger partial charge in [-0.2, -0.15) is 5.10 Å². The zero-order valence-corrected chi connectivity index (χ0v) is 19.1. The molecule has 2 aliphatic heterocycles. The number of hydrogen-bond donors (Lipinski definition) is 0. The summed E-state index contributed by atoms with van der Waals surface area (Å²) in [7, 11) is 6.45. The van der Waals surface area contributed by atoms with Crippen molar-refractivity contribution in [3.05, 3.63) is 63.8 Å². The Balaban J connectivity index is 1.66. The highest BCUT2D eigenvalue weighted by Crippen LogP contribution is 2.52. The van der Waals surface area contributed by atoms with Crippen LogP contribution >= 0.6 is 11.3 Å². The zero-order chi connectivity index (χ0) is 22.2. The lowest BCUT2D eigenvalue weighted by molar-refractivity contribution is -0.0211. The van der Waals surface area contributed by atoms with Crippen LogP contribution in [0.15, 0.2) is 52.9 Å². The quantitative estimate of drug-likeness (QED) is 0.523. The molecule has 3 aromatic rings. The number of para-hydroxylation sites is 1. The molecule has 166 valence electrons. The lowest BCUT2D eigenvalue weighted by Crippen LogP contribution is -2.34. The third-order valence-electron chi connectivity index (χ3n) is 5.78. The molecule has 2 aliphatic rings. The minimum atomic E-state index is -0.491. The minimum absolute atomic E-state index is 0.0232. The van der Waals surface area contributed by atoms with Crippen LogP contribution in [0.3, 0.4) is 0 Å². The van der Waals surface area contributed by atoms with Gasteiger partial charge in [0.2, 0.25) is 12.0 Å². The van der Waals surface area contributed by atoms with Gasteiger partial charge in [-0.3, -0.25) is 0 Å². The molecular weight excluding hydrogens is 428 g/mol. The lowest BCUT2D eigenvalue weighted by atomic mass is 9.97. The molecule has 0 saturated heterocycles. The zero-order valence-electron chi connectivity index (χ0n) is 18.3. The highest BCUT2D eigenvalue weighted by atomic mass is 32.1. The van der Waals surface area contributed by atoms with E-state index in [4.69, 9.17) is 28.8 Å². The summed E-state index contributed by atoms with van der Waals surface area (Å²) in [5, 5.41) is 9.09. The maximum Gasteiger partial charge on any atom is 0.214 e. The van der Waals surface area contributed by atoms with Gasteiger partial charge in [0, 0.05) is 17.5 Å². The Morgan fingerprint density at radius 2 is 1.69 bits per heavy atom. The standard InChI is InChI=1S/C24H24N2O5S/c1-27-18-8-5-7-15-17-13-16(21-9-6-10-32-21)25-26(17)24(31-22(15)18)14-11-19(28-2)23(30-4)20(12-14)29-3/h5-12,17,24H,13H2,1-4H3/t17-,24+/m0/s1. The molecule has 2 atom stereocenters. The van der Waals surface area contributed by atoms with Gasteiger partial charge in [-0.1, -0.05) is 18.2 Å². The third-order valence-corrected chi connectivity index (χ3v) is 6.70. The van der Waals surface area contributed by atoms with Crippen molar-refractivity contribution in [3.63, 3.8) is 0 Å². The molecule has 3 heterocycles. The first-order valence-electron chi connectivity index (χ1n) is 10.2. The summed E-state index contributed by atoms with van der Waals surface area (Å²) < 4.78 is 28.8. The monoisotopic (exact) mass is 452 g/mol. The van der Waals surface area contributed by atoms with E-state index in [-0.39, 0.29) is 6.04 Å². The van der Waals surface area contributed by atoms with E-state index in [1.54, 1.807) is 39.8 Å². The predicted octanol–water partition coefficient (Wildman–Crippen LogP) is 5.02. The summed E-state index contributed by atoms with van der Waals surface area (Å²) in [6.45, 7) is 0. The molecule has 0 N–H and O–H groups in total. The highest BCUT2D eigenvalue weighted by Gasteiger charge is 2.42. The van der Waals surface area contributed by atoms with Gasteiger partial charge in [0.15, 0.2) is 23.0 Å². The molecule has 0 unspecified atom stereocenters. The van der Waals surface area contributed by atoms with Gasteiger partial charge in [0.1, 0.15) is 0 Å². The van der Waals surface area contributed by atoms with E-state index in [0.29, 0.717) is 23.0 Å². The van der Waals surface area contributed by atoms with Gasteiger partial charge in [-0.15, -0.1) is 11.3 Å². The molecule has 0 bridgehead atoms. The molecule has 8 heteroatoms. The van der Waals surface area contributed by atoms with Crippen LogP contribution in [-0.2, 0) is 0 Å². The number of hydrogen-bond acceptors (Lipinski definition) is 8. The minimum Gasteiger partial charge on any atom is -0.493 e. The Morgan fingerprint density at radius 1 is 0.938 bits per heavy atom. The maximum atomic E-state index is 6.54. The molecular formula is C24H24N2O5S. The number of benzene rings is 2. The summed E-state index contributed by atoms with van der Waals surface area (Å²) in [5.74, 6) is 3.10. The molecule has 0 radical (unpaired) electrons.